The number of amides is 1. The minimum atomic E-state index is -0.0659. The number of nitrogens with zero attached hydrogens (tertiary/aromatic N) is 3. The summed E-state index contributed by atoms with van der Waals surface area (Å²) in [5.41, 5.74) is -0.0659. The first kappa shape index (κ1) is 17.0. The number of hydrogen-bond donors (Lipinski definition) is 1. The van der Waals surface area contributed by atoms with Crippen LogP contribution in [0.1, 0.15) is 51.3 Å². The van der Waals surface area contributed by atoms with E-state index in [0.717, 1.165) is 57.6 Å². The standard InChI is InChI=1S/C17H29N3O2/c1-3-7-17(14-21)8-5-11-20(13-17)16(22)6-4-10-19-12-9-18-15(19)2/h9,12,21H,3-8,10-11,13-14H2,1-2H3. The summed E-state index contributed by atoms with van der Waals surface area (Å²) >= 11 is 0. The van der Waals surface area contributed by atoms with E-state index in [-0.39, 0.29) is 17.9 Å². The van der Waals surface area contributed by atoms with Gasteiger partial charge in [-0.25, -0.2) is 4.98 Å². The molecule has 2 heterocycles. The van der Waals surface area contributed by atoms with Crippen molar-refractivity contribution in [3.63, 3.8) is 0 Å². The van der Waals surface area contributed by atoms with E-state index in [2.05, 4.69) is 16.5 Å². The van der Waals surface area contributed by atoms with Gasteiger partial charge in [0.05, 0.1) is 6.61 Å². The summed E-state index contributed by atoms with van der Waals surface area (Å²) in [5.74, 6) is 1.22. The Labute approximate surface area is 133 Å². The Kier molecular flexibility index (Phi) is 6.00. The first-order valence-corrected chi connectivity index (χ1v) is 8.46. The van der Waals surface area contributed by atoms with Gasteiger partial charge in [0.1, 0.15) is 5.82 Å². The second kappa shape index (κ2) is 7.77. The molecule has 0 spiro atoms. The van der Waals surface area contributed by atoms with Crippen molar-refractivity contribution >= 4 is 5.91 Å². The third-order valence-electron chi connectivity index (χ3n) is 4.84. The molecule has 1 fully saturated rings. The molecule has 1 aromatic rings. The summed E-state index contributed by atoms with van der Waals surface area (Å²) in [6.45, 7) is 6.72. The Morgan fingerprint density at radius 2 is 2.32 bits per heavy atom. The molecule has 0 radical (unpaired) electrons. The number of carbonyl (C=O) groups excluding carboxylic acids is 1. The van der Waals surface area contributed by atoms with Gasteiger partial charge < -0.3 is 14.6 Å². The van der Waals surface area contributed by atoms with Crippen molar-refractivity contribution < 1.29 is 9.90 Å². The van der Waals surface area contributed by atoms with Gasteiger partial charge in [-0.2, -0.15) is 0 Å². The van der Waals surface area contributed by atoms with E-state index in [4.69, 9.17) is 0 Å². The van der Waals surface area contributed by atoms with Crippen LogP contribution in [0.15, 0.2) is 12.4 Å². The zero-order chi connectivity index (χ0) is 16.0. The molecule has 1 saturated heterocycles. The lowest BCUT2D eigenvalue weighted by atomic mass is 9.77. The van der Waals surface area contributed by atoms with E-state index in [0.29, 0.717) is 6.42 Å². The van der Waals surface area contributed by atoms with E-state index < -0.39 is 0 Å². The fraction of sp³-hybridized carbons (Fsp3) is 0.765. The van der Waals surface area contributed by atoms with Crippen molar-refractivity contribution in [3.8, 4) is 0 Å². The molecular weight excluding hydrogens is 278 g/mol. The molecule has 1 amide bonds. The minimum Gasteiger partial charge on any atom is -0.396 e. The van der Waals surface area contributed by atoms with Crippen LogP contribution in [0.5, 0.6) is 0 Å². The number of rotatable bonds is 7. The Bertz CT molecular complexity index is 482. The topological polar surface area (TPSA) is 58.4 Å². The van der Waals surface area contributed by atoms with Crippen molar-refractivity contribution in [3.05, 3.63) is 18.2 Å². The fourth-order valence-electron chi connectivity index (χ4n) is 3.56. The highest BCUT2D eigenvalue weighted by Gasteiger charge is 2.35. The van der Waals surface area contributed by atoms with Crippen molar-refractivity contribution in [2.75, 3.05) is 19.7 Å². The van der Waals surface area contributed by atoms with Crippen LogP contribution in [0.25, 0.3) is 0 Å². The van der Waals surface area contributed by atoms with Crippen LogP contribution in [0.2, 0.25) is 0 Å². The molecule has 5 heteroatoms. The quantitative estimate of drug-likeness (QED) is 0.841. The summed E-state index contributed by atoms with van der Waals surface area (Å²) in [4.78, 5) is 18.6. The molecule has 2 rings (SSSR count). The van der Waals surface area contributed by atoms with Crippen LogP contribution in [0.3, 0.4) is 0 Å². The smallest absolute Gasteiger partial charge is 0.222 e. The molecule has 1 aromatic heterocycles. The number of aromatic nitrogens is 2. The molecule has 0 bridgehead atoms. The van der Waals surface area contributed by atoms with Crippen molar-refractivity contribution in [1.82, 2.24) is 14.5 Å². The molecule has 1 N–H and O–H groups in total. The SMILES string of the molecule is CCCC1(CO)CCCN(C(=O)CCCn2ccnc2C)C1. The second-order valence-electron chi connectivity index (χ2n) is 6.60. The number of aliphatic hydroxyl groups excluding tert-OH is 1. The molecule has 1 aliphatic heterocycles. The summed E-state index contributed by atoms with van der Waals surface area (Å²) < 4.78 is 2.08. The lowest BCUT2D eigenvalue weighted by molar-refractivity contribution is -0.135. The van der Waals surface area contributed by atoms with Gasteiger partial charge in [-0.15, -0.1) is 0 Å². The molecule has 0 aliphatic carbocycles. The average Bonchev–Trinajstić information content (AvgIpc) is 2.93. The van der Waals surface area contributed by atoms with Gasteiger partial charge in [0, 0.05) is 43.9 Å². The number of piperidine rings is 1. The molecule has 1 atom stereocenters. The largest absolute Gasteiger partial charge is 0.396 e. The van der Waals surface area contributed by atoms with Gasteiger partial charge in [-0.1, -0.05) is 13.3 Å². The number of aryl methyl sites for hydroxylation is 2. The number of imidazole rings is 1. The first-order valence-electron chi connectivity index (χ1n) is 8.46. The lowest BCUT2D eigenvalue weighted by Crippen LogP contribution is -2.47. The fourth-order valence-corrected chi connectivity index (χ4v) is 3.56. The molecule has 5 nitrogen and oxygen atoms in total. The highest BCUT2D eigenvalue weighted by Crippen LogP contribution is 2.34. The third-order valence-corrected chi connectivity index (χ3v) is 4.84. The van der Waals surface area contributed by atoms with Gasteiger partial charge in [0.25, 0.3) is 0 Å². The molecule has 22 heavy (non-hydrogen) atoms. The van der Waals surface area contributed by atoms with Crippen molar-refractivity contribution in [2.24, 2.45) is 5.41 Å². The van der Waals surface area contributed by atoms with Crippen molar-refractivity contribution in [1.29, 1.82) is 0 Å². The molecule has 0 saturated carbocycles. The Balaban J connectivity index is 1.82. The monoisotopic (exact) mass is 307 g/mol. The maximum Gasteiger partial charge on any atom is 0.222 e. The maximum absolute atomic E-state index is 12.4. The highest BCUT2D eigenvalue weighted by molar-refractivity contribution is 5.76. The van der Waals surface area contributed by atoms with Gasteiger partial charge >= 0.3 is 0 Å². The lowest BCUT2D eigenvalue weighted by Gasteiger charge is -2.42. The molecule has 1 aliphatic rings. The second-order valence-corrected chi connectivity index (χ2v) is 6.60. The number of hydrogen-bond acceptors (Lipinski definition) is 3. The summed E-state index contributed by atoms with van der Waals surface area (Å²) in [5, 5.41) is 9.76. The number of carbonyl (C=O) groups is 1. The highest BCUT2D eigenvalue weighted by atomic mass is 16.3. The zero-order valence-electron chi connectivity index (χ0n) is 13.9. The van der Waals surface area contributed by atoms with Crippen molar-refractivity contribution in [2.45, 2.75) is 58.9 Å². The number of aliphatic hydroxyl groups is 1. The van der Waals surface area contributed by atoms with E-state index in [1.165, 1.54) is 0 Å². The van der Waals surface area contributed by atoms with Crippen LogP contribution in [0, 0.1) is 12.3 Å². The van der Waals surface area contributed by atoms with E-state index in [1.54, 1.807) is 6.20 Å². The Morgan fingerprint density at radius 3 is 2.95 bits per heavy atom. The Hall–Kier alpha value is -1.36. The van der Waals surface area contributed by atoms with Gasteiger partial charge in [-0.3, -0.25) is 4.79 Å². The van der Waals surface area contributed by atoms with E-state index in [1.807, 2.05) is 18.0 Å². The van der Waals surface area contributed by atoms with E-state index >= 15 is 0 Å². The number of likely N-dealkylation sites (tertiary alicyclic amines) is 1. The van der Waals surface area contributed by atoms with Gasteiger partial charge in [0.2, 0.25) is 5.91 Å². The van der Waals surface area contributed by atoms with E-state index in [9.17, 15) is 9.90 Å². The predicted octanol–water partition coefficient (Wildman–Crippen LogP) is 2.37. The zero-order valence-corrected chi connectivity index (χ0v) is 13.9. The predicted molar refractivity (Wildman–Crippen MR) is 86.4 cm³/mol. The minimum absolute atomic E-state index is 0.0659. The van der Waals surface area contributed by atoms with Crippen LogP contribution in [-0.4, -0.2) is 45.2 Å². The summed E-state index contributed by atoms with van der Waals surface area (Å²) in [6.07, 6.45) is 9.27. The average molecular weight is 307 g/mol. The summed E-state index contributed by atoms with van der Waals surface area (Å²) in [6, 6.07) is 0. The third kappa shape index (κ3) is 4.09. The molecule has 0 aromatic carbocycles. The normalized spacial score (nSPS) is 22.0. The maximum atomic E-state index is 12.4. The van der Waals surface area contributed by atoms with Crippen LogP contribution in [0.4, 0.5) is 0 Å². The molecule has 1 unspecified atom stereocenters. The van der Waals surface area contributed by atoms with Crippen LogP contribution in [-0.2, 0) is 11.3 Å². The van der Waals surface area contributed by atoms with Gasteiger partial charge in [-0.05, 0) is 32.6 Å². The van der Waals surface area contributed by atoms with Crippen LogP contribution >= 0.6 is 0 Å². The van der Waals surface area contributed by atoms with Gasteiger partial charge in [0.15, 0.2) is 0 Å². The van der Waals surface area contributed by atoms with Crippen LogP contribution < -0.4 is 0 Å². The Morgan fingerprint density at radius 1 is 1.50 bits per heavy atom. The molecular formula is C17H29N3O2. The molecule has 124 valence electrons. The first-order chi connectivity index (χ1) is 10.6. The summed E-state index contributed by atoms with van der Waals surface area (Å²) in [7, 11) is 0.